The van der Waals surface area contributed by atoms with Crippen molar-refractivity contribution in [2.75, 3.05) is 44.5 Å². The van der Waals surface area contributed by atoms with E-state index >= 15 is 0 Å². The summed E-state index contributed by atoms with van der Waals surface area (Å²) >= 11 is 1.45. The number of thiophene rings is 1. The summed E-state index contributed by atoms with van der Waals surface area (Å²) in [6.07, 6.45) is 1.98. The largest absolute Gasteiger partial charge is 0.464 e. The first kappa shape index (κ1) is 24.0. The van der Waals surface area contributed by atoms with Crippen molar-refractivity contribution in [3.63, 3.8) is 0 Å². The Labute approximate surface area is 212 Å². The van der Waals surface area contributed by atoms with Crippen molar-refractivity contribution in [2.45, 2.75) is 19.3 Å². The van der Waals surface area contributed by atoms with Gasteiger partial charge in [-0.2, -0.15) is 0 Å². The highest BCUT2D eigenvalue weighted by Gasteiger charge is 2.29. The molecular weight excluding hydrogens is 476 g/mol. The minimum absolute atomic E-state index is 0.0113. The van der Waals surface area contributed by atoms with Crippen molar-refractivity contribution in [2.24, 2.45) is 0 Å². The molecule has 0 spiro atoms. The van der Waals surface area contributed by atoms with Gasteiger partial charge in [-0.1, -0.05) is 0 Å². The molecule has 0 radical (unpaired) electrons. The minimum atomic E-state index is -0.416. The number of aromatic amines is 1. The van der Waals surface area contributed by atoms with E-state index in [-0.39, 0.29) is 11.8 Å². The van der Waals surface area contributed by atoms with Gasteiger partial charge in [0.05, 0.1) is 12.0 Å². The molecule has 1 aliphatic rings. The first-order valence-electron chi connectivity index (χ1n) is 11.9. The number of hydrogen-bond donors (Lipinski definition) is 2. The van der Waals surface area contributed by atoms with Gasteiger partial charge in [0.15, 0.2) is 0 Å². The number of anilines is 2. The Kier molecular flexibility index (Phi) is 6.51. The van der Waals surface area contributed by atoms with Crippen LogP contribution in [0.4, 0.5) is 11.4 Å². The third kappa shape index (κ3) is 4.59. The van der Waals surface area contributed by atoms with Gasteiger partial charge < -0.3 is 24.8 Å². The molecule has 0 saturated carbocycles. The number of hydrogen-bond acceptors (Lipinski definition) is 6. The monoisotopic (exact) mass is 504 g/mol. The molecule has 8 nitrogen and oxygen atoms in total. The second-order valence-electron chi connectivity index (χ2n) is 9.22. The van der Waals surface area contributed by atoms with Gasteiger partial charge in [0.25, 0.3) is 5.91 Å². The molecule has 36 heavy (non-hydrogen) atoms. The average molecular weight is 505 g/mol. The predicted octanol–water partition coefficient (Wildman–Crippen LogP) is 4.65. The Morgan fingerprint density at radius 3 is 2.75 bits per heavy atom. The number of carbonyl (C=O) groups is 3. The van der Waals surface area contributed by atoms with Gasteiger partial charge in [-0.25, -0.2) is 4.79 Å². The van der Waals surface area contributed by atoms with E-state index in [2.05, 4.69) is 15.2 Å². The maximum absolute atomic E-state index is 13.5. The molecular formula is C27H28N4O4S. The summed E-state index contributed by atoms with van der Waals surface area (Å²) in [7, 11) is 5.33. The highest BCUT2D eigenvalue weighted by Crippen LogP contribution is 2.37. The number of carbonyl (C=O) groups excluding carboxylic acids is 3. The Morgan fingerprint density at radius 1 is 1.14 bits per heavy atom. The number of rotatable bonds is 7. The molecule has 0 bridgehead atoms. The number of benzene rings is 2. The van der Waals surface area contributed by atoms with E-state index in [0.29, 0.717) is 30.0 Å². The van der Waals surface area contributed by atoms with Crippen LogP contribution in [0, 0.1) is 0 Å². The van der Waals surface area contributed by atoms with Crippen LogP contribution in [-0.4, -0.2) is 62.0 Å². The SMILES string of the molecule is COC(=O)c1cc2c3c(ccc2[nH]1)N(C(=O)c1cc2cc(NC(=O)CCCN(C)C)ccc2s1)CC3. The molecule has 2 aromatic carbocycles. The van der Waals surface area contributed by atoms with E-state index in [0.717, 1.165) is 50.9 Å². The zero-order valence-electron chi connectivity index (χ0n) is 20.5. The number of nitrogens with zero attached hydrogens (tertiary/aromatic N) is 2. The molecule has 2 amide bonds. The molecule has 2 N–H and O–H groups in total. The van der Waals surface area contributed by atoms with E-state index in [1.807, 2.05) is 50.5 Å². The number of methoxy groups -OCH3 is 1. The van der Waals surface area contributed by atoms with Crippen LogP contribution in [0.2, 0.25) is 0 Å². The maximum atomic E-state index is 13.5. The van der Waals surface area contributed by atoms with E-state index in [1.54, 1.807) is 11.0 Å². The van der Waals surface area contributed by atoms with Crippen LogP contribution in [-0.2, 0) is 16.0 Å². The number of H-pyrrole nitrogens is 1. The lowest BCUT2D eigenvalue weighted by molar-refractivity contribution is -0.116. The van der Waals surface area contributed by atoms with E-state index in [4.69, 9.17) is 4.74 Å². The standard InChI is InChI=1S/C27H28N4O4S/c1-30(2)11-4-5-25(32)28-17-6-9-23-16(13-17)14-24(36-23)26(33)31-12-10-18-19-15-21(27(34)35-3)29-20(19)7-8-22(18)31/h6-9,13-15,29H,4-5,10-12H2,1-3H3,(H,28,32). The smallest absolute Gasteiger partial charge is 0.354 e. The average Bonchev–Trinajstić information content (AvgIpc) is 3.58. The van der Waals surface area contributed by atoms with Crippen LogP contribution < -0.4 is 10.2 Å². The van der Waals surface area contributed by atoms with Crippen LogP contribution in [0.1, 0.15) is 38.6 Å². The maximum Gasteiger partial charge on any atom is 0.354 e. The van der Waals surface area contributed by atoms with Gasteiger partial charge in [-0.3, -0.25) is 9.59 Å². The van der Waals surface area contributed by atoms with Crippen molar-refractivity contribution in [1.29, 1.82) is 0 Å². The van der Waals surface area contributed by atoms with Crippen molar-refractivity contribution in [3.05, 3.63) is 58.6 Å². The first-order valence-corrected chi connectivity index (χ1v) is 12.7. The molecule has 0 fully saturated rings. The Hall–Kier alpha value is -3.69. The molecule has 0 atom stereocenters. The van der Waals surface area contributed by atoms with Crippen molar-refractivity contribution in [3.8, 4) is 0 Å². The quantitative estimate of drug-likeness (QED) is 0.357. The van der Waals surface area contributed by atoms with E-state index in [9.17, 15) is 14.4 Å². The normalized spacial score (nSPS) is 12.9. The number of aromatic nitrogens is 1. The lowest BCUT2D eigenvalue weighted by Crippen LogP contribution is -2.28. The Bertz CT molecular complexity index is 1490. The van der Waals surface area contributed by atoms with Crippen LogP contribution >= 0.6 is 11.3 Å². The summed E-state index contributed by atoms with van der Waals surface area (Å²) in [6, 6.07) is 13.3. The molecule has 0 aliphatic carbocycles. The molecule has 2 aromatic heterocycles. The van der Waals surface area contributed by atoms with E-state index < -0.39 is 5.97 Å². The van der Waals surface area contributed by atoms with Gasteiger partial charge in [-0.15, -0.1) is 11.3 Å². The molecule has 186 valence electrons. The van der Waals surface area contributed by atoms with Gasteiger partial charge >= 0.3 is 5.97 Å². The summed E-state index contributed by atoms with van der Waals surface area (Å²) in [5, 5.41) is 4.83. The summed E-state index contributed by atoms with van der Waals surface area (Å²) in [5.41, 5.74) is 3.90. The van der Waals surface area contributed by atoms with Crippen molar-refractivity contribution < 1.29 is 19.1 Å². The van der Waals surface area contributed by atoms with Crippen LogP contribution in [0.3, 0.4) is 0 Å². The van der Waals surface area contributed by atoms with Crippen LogP contribution in [0.15, 0.2) is 42.5 Å². The van der Waals surface area contributed by atoms with Crippen LogP contribution in [0.5, 0.6) is 0 Å². The number of esters is 1. The molecule has 0 unspecified atom stereocenters. The highest BCUT2D eigenvalue weighted by atomic mass is 32.1. The number of ether oxygens (including phenoxy) is 1. The lowest BCUT2D eigenvalue weighted by atomic mass is 10.1. The number of nitrogens with one attached hydrogen (secondary N) is 2. The molecule has 5 rings (SSSR count). The molecule has 1 aliphatic heterocycles. The summed E-state index contributed by atoms with van der Waals surface area (Å²) in [6.45, 7) is 1.44. The van der Waals surface area contributed by atoms with Crippen LogP contribution in [0.25, 0.3) is 21.0 Å². The number of amides is 2. The summed E-state index contributed by atoms with van der Waals surface area (Å²) < 4.78 is 5.82. The highest BCUT2D eigenvalue weighted by molar-refractivity contribution is 7.20. The minimum Gasteiger partial charge on any atom is -0.464 e. The lowest BCUT2D eigenvalue weighted by Gasteiger charge is -2.16. The zero-order chi connectivity index (χ0) is 25.4. The summed E-state index contributed by atoms with van der Waals surface area (Å²) in [5.74, 6) is -0.476. The van der Waals surface area contributed by atoms with Crippen molar-refractivity contribution >= 4 is 61.5 Å². The van der Waals surface area contributed by atoms with Crippen molar-refractivity contribution in [1.82, 2.24) is 9.88 Å². The topological polar surface area (TPSA) is 94.7 Å². The molecule has 3 heterocycles. The summed E-state index contributed by atoms with van der Waals surface area (Å²) in [4.78, 5) is 45.3. The fraction of sp³-hybridized carbons (Fsp3) is 0.296. The Morgan fingerprint density at radius 2 is 1.97 bits per heavy atom. The zero-order valence-corrected chi connectivity index (χ0v) is 21.3. The second kappa shape index (κ2) is 9.75. The first-order chi connectivity index (χ1) is 17.3. The predicted molar refractivity (Wildman–Crippen MR) is 143 cm³/mol. The van der Waals surface area contributed by atoms with Gasteiger partial charge in [-0.05, 0) is 86.9 Å². The Balaban J connectivity index is 1.35. The fourth-order valence-corrected chi connectivity index (χ4v) is 5.67. The van der Waals surface area contributed by atoms with Gasteiger partial charge in [0.1, 0.15) is 5.69 Å². The number of fused-ring (bicyclic) bond motifs is 4. The third-order valence-corrected chi connectivity index (χ3v) is 7.54. The third-order valence-electron chi connectivity index (χ3n) is 6.44. The van der Waals surface area contributed by atoms with Gasteiger partial charge in [0, 0.05) is 39.9 Å². The second-order valence-corrected chi connectivity index (χ2v) is 10.3. The molecule has 0 saturated heterocycles. The fourth-order valence-electron chi connectivity index (χ4n) is 4.68. The molecule has 9 heteroatoms. The van der Waals surface area contributed by atoms with E-state index in [1.165, 1.54) is 18.4 Å². The molecule has 4 aromatic rings. The van der Waals surface area contributed by atoms with Gasteiger partial charge in [0.2, 0.25) is 5.91 Å².